The van der Waals surface area contributed by atoms with Gasteiger partial charge in [-0.1, -0.05) is 18.6 Å². The number of piperazine rings is 1. The molecule has 0 spiro atoms. The van der Waals surface area contributed by atoms with Crippen molar-refractivity contribution in [1.29, 1.82) is 0 Å². The zero-order chi connectivity index (χ0) is 13.2. The summed E-state index contributed by atoms with van der Waals surface area (Å²) in [5, 5.41) is 0. The average molecular weight is 263 g/mol. The third-order valence-electron chi connectivity index (χ3n) is 4.51. The average Bonchev–Trinajstić information content (AvgIpc) is 2.86. The van der Waals surface area contributed by atoms with Crippen molar-refractivity contribution in [3.63, 3.8) is 0 Å². The molecule has 3 nitrogen and oxygen atoms in total. The Labute approximate surface area is 114 Å². The van der Waals surface area contributed by atoms with Crippen molar-refractivity contribution < 1.29 is 4.39 Å². The first-order valence-corrected chi connectivity index (χ1v) is 7.25. The first-order valence-electron chi connectivity index (χ1n) is 7.25. The van der Waals surface area contributed by atoms with E-state index in [4.69, 9.17) is 5.73 Å². The predicted octanol–water partition coefficient (Wildman–Crippen LogP) is 1.83. The Balaban J connectivity index is 1.62. The molecule has 1 saturated carbocycles. The van der Waals surface area contributed by atoms with Crippen LogP contribution >= 0.6 is 0 Å². The molecule has 1 aliphatic heterocycles. The minimum absolute atomic E-state index is 0.117. The molecule has 4 heteroatoms. The standard InChI is InChI=1S/C15H22FN3/c16-12-4-1-2-6-14(12)18-8-10-19(11-9-18)15-7-3-5-13(15)17/h1-2,4,6,13,15H,3,5,7-11,17H2. The van der Waals surface area contributed by atoms with Crippen molar-refractivity contribution in [2.24, 2.45) is 5.73 Å². The third-order valence-corrected chi connectivity index (χ3v) is 4.51. The summed E-state index contributed by atoms with van der Waals surface area (Å²) in [6, 6.07) is 7.92. The molecule has 1 heterocycles. The molecular weight excluding hydrogens is 241 g/mol. The largest absolute Gasteiger partial charge is 0.367 e. The Morgan fingerprint density at radius 1 is 1.05 bits per heavy atom. The fourth-order valence-corrected chi connectivity index (χ4v) is 3.43. The molecule has 1 saturated heterocycles. The van der Waals surface area contributed by atoms with Crippen molar-refractivity contribution in [3.8, 4) is 0 Å². The molecule has 2 N–H and O–H groups in total. The molecule has 1 aromatic carbocycles. The number of halogens is 1. The number of benzene rings is 1. The molecule has 104 valence electrons. The summed E-state index contributed by atoms with van der Waals surface area (Å²) in [6.45, 7) is 3.77. The molecule has 0 radical (unpaired) electrons. The number of anilines is 1. The first-order chi connectivity index (χ1) is 9.25. The fraction of sp³-hybridized carbons (Fsp3) is 0.600. The van der Waals surface area contributed by atoms with Crippen LogP contribution in [0.3, 0.4) is 0 Å². The van der Waals surface area contributed by atoms with Crippen molar-refractivity contribution in [1.82, 2.24) is 4.90 Å². The maximum Gasteiger partial charge on any atom is 0.146 e. The van der Waals surface area contributed by atoms with Gasteiger partial charge in [-0.05, 0) is 25.0 Å². The monoisotopic (exact) mass is 263 g/mol. The third kappa shape index (κ3) is 2.60. The lowest BCUT2D eigenvalue weighted by Crippen LogP contribution is -2.54. The van der Waals surface area contributed by atoms with Gasteiger partial charge >= 0.3 is 0 Å². The molecule has 2 aliphatic rings. The van der Waals surface area contributed by atoms with Crippen LogP contribution in [-0.4, -0.2) is 43.2 Å². The lowest BCUT2D eigenvalue weighted by atomic mass is 10.1. The predicted molar refractivity (Wildman–Crippen MR) is 75.8 cm³/mol. The Hall–Kier alpha value is -1.13. The van der Waals surface area contributed by atoms with Crippen LogP contribution in [0.2, 0.25) is 0 Å². The lowest BCUT2D eigenvalue weighted by Gasteiger charge is -2.40. The minimum atomic E-state index is -0.117. The van der Waals surface area contributed by atoms with E-state index in [9.17, 15) is 4.39 Å². The second-order valence-corrected chi connectivity index (χ2v) is 5.64. The smallest absolute Gasteiger partial charge is 0.146 e. The molecule has 2 atom stereocenters. The van der Waals surface area contributed by atoms with Crippen LogP contribution in [0.4, 0.5) is 10.1 Å². The van der Waals surface area contributed by atoms with Crippen molar-refractivity contribution in [2.75, 3.05) is 31.1 Å². The first kappa shape index (κ1) is 12.9. The van der Waals surface area contributed by atoms with E-state index < -0.39 is 0 Å². The summed E-state index contributed by atoms with van der Waals surface area (Å²) < 4.78 is 13.8. The van der Waals surface area contributed by atoms with Crippen LogP contribution in [0.25, 0.3) is 0 Å². The van der Waals surface area contributed by atoms with Gasteiger partial charge in [0.25, 0.3) is 0 Å². The second-order valence-electron chi connectivity index (χ2n) is 5.64. The highest BCUT2D eigenvalue weighted by Crippen LogP contribution is 2.26. The molecule has 0 aromatic heterocycles. The van der Waals surface area contributed by atoms with E-state index in [-0.39, 0.29) is 5.82 Å². The van der Waals surface area contributed by atoms with Crippen molar-refractivity contribution >= 4 is 5.69 Å². The molecule has 2 fully saturated rings. The zero-order valence-corrected chi connectivity index (χ0v) is 11.3. The summed E-state index contributed by atoms with van der Waals surface area (Å²) in [5.41, 5.74) is 6.90. The summed E-state index contributed by atoms with van der Waals surface area (Å²) in [5.74, 6) is -0.117. The van der Waals surface area contributed by atoms with E-state index in [1.807, 2.05) is 12.1 Å². The SMILES string of the molecule is NC1CCCC1N1CCN(c2ccccc2F)CC1. The number of nitrogens with zero attached hydrogens (tertiary/aromatic N) is 2. The van der Waals surface area contributed by atoms with Crippen molar-refractivity contribution in [2.45, 2.75) is 31.3 Å². The van der Waals surface area contributed by atoms with E-state index in [0.29, 0.717) is 12.1 Å². The number of hydrogen-bond acceptors (Lipinski definition) is 3. The molecule has 3 rings (SSSR count). The maximum atomic E-state index is 13.8. The van der Waals surface area contributed by atoms with Crippen molar-refractivity contribution in [3.05, 3.63) is 30.1 Å². The number of para-hydroxylation sites is 1. The summed E-state index contributed by atoms with van der Waals surface area (Å²) in [4.78, 5) is 4.64. The van der Waals surface area contributed by atoms with Crippen LogP contribution in [0.5, 0.6) is 0 Å². The Bertz CT molecular complexity index is 429. The van der Waals surface area contributed by atoms with E-state index in [2.05, 4.69) is 9.80 Å². The molecular formula is C15H22FN3. The van der Waals surface area contributed by atoms with Crippen LogP contribution in [0.15, 0.2) is 24.3 Å². The molecule has 0 bridgehead atoms. The Morgan fingerprint density at radius 3 is 2.42 bits per heavy atom. The summed E-state index contributed by atoms with van der Waals surface area (Å²) in [6.07, 6.45) is 3.62. The number of nitrogens with two attached hydrogens (primary N) is 1. The van der Waals surface area contributed by atoms with E-state index in [0.717, 1.165) is 38.3 Å². The fourth-order valence-electron chi connectivity index (χ4n) is 3.43. The Morgan fingerprint density at radius 2 is 1.79 bits per heavy atom. The van der Waals surface area contributed by atoms with Gasteiger partial charge in [0.05, 0.1) is 5.69 Å². The maximum absolute atomic E-state index is 13.8. The molecule has 0 amide bonds. The van der Waals surface area contributed by atoms with Crippen LogP contribution in [0.1, 0.15) is 19.3 Å². The van der Waals surface area contributed by atoms with Gasteiger partial charge in [0.15, 0.2) is 0 Å². The molecule has 2 unspecified atom stereocenters. The summed E-state index contributed by atoms with van der Waals surface area (Å²) >= 11 is 0. The summed E-state index contributed by atoms with van der Waals surface area (Å²) in [7, 11) is 0. The van der Waals surface area contributed by atoms with E-state index >= 15 is 0 Å². The molecule has 1 aliphatic carbocycles. The van der Waals surface area contributed by atoms with Gasteiger partial charge in [0.2, 0.25) is 0 Å². The van der Waals surface area contributed by atoms with E-state index in [1.54, 1.807) is 6.07 Å². The minimum Gasteiger partial charge on any atom is -0.367 e. The van der Waals surface area contributed by atoms with Gasteiger partial charge in [0, 0.05) is 38.3 Å². The number of hydrogen-bond donors (Lipinski definition) is 1. The lowest BCUT2D eigenvalue weighted by molar-refractivity contribution is 0.174. The molecule has 19 heavy (non-hydrogen) atoms. The van der Waals surface area contributed by atoms with Gasteiger partial charge in [-0.15, -0.1) is 0 Å². The van der Waals surface area contributed by atoms with Gasteiger partial charge in [0.1, 0.15) is 5.82 Å². The van der Waals surface area contributed by atoms with Gasteiger partial charge in [-0.25, -0.2) is 4.39 Å². The number of rotatable bonds is 2. The highest BCUT2D eigenvalue weighted by atomic mass is 19.1. The van der Waals surface area contributed by atoms with Crippen LogP contribution < -0.4 is 10.6 Å². The normalized spacial score (nSPS) is 28.8. The van der Waals surface area contributed by atoms with Crippen LogP contribution in [-0.2, 0) is 0 Å². The zero-order valence-electron chi connectivity index (χ0n) is 11.3. The topological polar surface area (TPSA) is 32.5 Å². The van der Waals surface area contributed by atoms with Gasteiger partial charge in [-0.3, -0.25) is 4.90 Å². The van der Waals surface area contributed by atoms with Crippen LogP contribution in [0, 0.1) is 5.82 Å². The van der Waals surface area contributed by atoms with Gasteiger partial charge in [-0.2, -0.15) is 0 Å². The highest BCUT2D eigenvalue weighted by molar-refractivity contribution is 5.48. The second kappa shape index (κ2) is 5.47. The quantitative estimate of drug-likeness (QED) is 0.883. The van der Waals surface area contributed by atoms with Gasteiger partial charge < -0.3 is 10.6 Å². The molecule has 1 aromatic rings. The highest BCUT2D eigenvalue weighted by Gasteiger charge is 2.31. The van der Waals surface area contributed by atoms with E-state index in [1.165, 1.54) is 18.9 Å². The Kier molecular flexibility index (Phi) is 3.71.